The highest BCUT2D eigenvalue weighted by Crippen LogP contribution is 2.36. The molecule has 0 unspecified atom stereocenters. The summed E-state index contributed by atoms with van der Waals surface area (Å²) < 4.78 is 5.88. The van der Waals surface area contributed by atoms with Gasteiger partial charge in [0.1, 0.15) is 23.2 Å². The number of nitrogens with one attached hydrogen (secondary N) is 2. The van der Waals surface area contributed by atoms with Crippen LogP contribution in [-0.2, 0) is 0 Å². The predicted molar refractivity (Wildman–Crippen MR) is 129 cm³/mol. The van der Waals surface area contributed by atoms with E-state index in [4.69, 9.17) is 15.1 Å². The van der Waals surface area contributed by atoms with E-state index < -0.39 is 0 Å². The van der Waals surface area contributed by atoms with Crippen LogP contribution in [0.25, 0.3) is 16.6 Å². The SMILES string of the molecule is CCCOc1ccccc1N1CC(O)=C(c2nc3ccc(N4CCCCC4)cc3[nH]2)C1=N. The lowest BCUT2D eigenvalue weighted by Crippen LogP contribution is -2.29. The van der Waals surface area contributed by atoms with Crippen LogP contribution in [-0.4, -0.2) is 47.2 Å². The lowest BCUT2D eigenvalue weighted by atomic mass is 10.1. The first-order valence-electron chi connectivity index (χ1n) is 11.4. The summed E-state index contributed by atoms with van der Waals surface area (Å²) in [5, 5.41) is 19.6. The van der Waals surface area contributed by atoms with Gasteiger partial charge in [0.05, 0.1) is 35.4 Å². The fourth-order valence-corrected chi connectivity index (χ4v) is 4.51. The largest absolute Gasteiger partial charge is 0.509 e. The number of para-hydroxylation sites is 2. The Kier molecular flexibility index (Phi) is 5.47. The molecule has 3 heterocycles. The minimum Gasteiger partial charge on any atom is -0.509 e. The zero-order valence-corrected chi connectivity index (χ0v) is 18.4. The van der Waals surface area contributed by atoms with Crippen LogP contribution in [0.5, 0.6) is 5.75 Å². The van der Waals surface area contributed by atoms with Crippen molar-refractivity contribution < 1.29 is 9.84 Å². The average molecular weight is 432 g/mol. The van der Waals surface area contributed by atoms with Crippen molar-refractivity contribution in [1.82, 2.24) is 9.97 Å². The van der Waals surface area contributed by atoms with Crippen molar-refractivity contribution in [3.63, 3.8) is 0 Å². The number of piperidine rings is 1. The minimum atomic E-state index is 0.135. The van der Waals surface area contributed by atoms with E-state index >= 15 is 0 Å². The Morgan fingerprint density at radius 3 is 2.75 bits per heavy atom. The second-order valence-corrected chi connectivity index (χ2v) is 8.41. The number of aromatic amines is 1. The molecule has 5 rings (SSSR count). The van der Waals surface area contributed by atoms with E-state index in [0.29, 0.717) is 23.8 Å². The van der Waals surface area contributed by atoms with Crippen LogP contribution in [0.1, 0.15) is 38.4 Å². The second-order valence-electron chi connectivity index (χ2n) is 8.41. The molecule has 0 radical (unpaired) electrons. The zero-order valence-electron chi connectivity index (χ0n) is 18.4. The Bertz CT molecular complexity index is 1180. The predicted octanol–water partition coefficient (Wildman–Crippen LogP) is 5.11. The van der Waals surface area contributed by atoms with Gasteiger partial charge < -0.3 is 24.6 Å². The fraction of sp³-hybridized carbons (Fsp3) is 0.360. The topological polar surface area (TPSA) is 88.5 Å². The van der Waals surface area contributed by atoms with Crippen LogP contribution < -0.4 is 14.5 Å². The number of fused-ring (bicyclic) bond motifs is 1. The van der Waals surface area contributed by atoms with Crippen molar-refractivity contribution in [2.45, 2.75) is 32.6 Å². The molecule has 166 valence electrons. The molecule has 7 heteroatoms. The Balaban J connectivity index is 1.44. The van der Waals surface area contributed by atoms with Gasteiger partial charge in [-0.05, 0) is 56.0 Å². The van der Waals surface area contributed by atoms with Gasteiger partial charge in [0.15, 0.2) is 0 Å². The number of ether oxygens (including phenoxy) is 1. The Labute approximate surface area is 187 Å². The minimum absolute atomic E-state index is 0.135. The fourth-order valence-electron chi connectivity index (χ4n) is 4.51. The average Bonchev–Trinajstić information content (AvgIpc) is 3.37. The molecule has 0 amide bonds. The number of rotatable bonds is 6. The van der Waals surface area contributed by atoms with Crippen molar-refractivity contribution in [2.24, 2.45) is 0 Å². The molecule has 7 nitrogen and oxygen atoms in total. The summed E-state index contributed by atoms with van der Waals surface area (Å²) in [4.78, 5) is 12.2. The molecule has 0 saturated carbocycles. The van der Waals surface area contributed by atoms with E-state index in [9.17, 15) is 5.11 Å². The monoisotopic (exact) mass is 431 g/mol. The van der Waals surface area contributed by atoms with Crippen LogP contribution in [0.3, 0.4) is 0 Å². The molecule has 1 saturated heterocycles. The normalized spacial score (nSPS) is 17.0. The smallest absolute Gasteiger partial charge is 0.145 e. The summed E-state index contributed by atoms with van der Waals surface area (Å²) in [6, 6.07) is 13.9. The molecule has 0 spiro atoms. The van der Waals surface area contributed by atoms with Crippen molar-refractivity contribution in [3.8, 4) is 5.75 Å². The third-order valence-electron chi connectivity index (χ3n) is 6.14. The molecule has 2 aliphatic rings. The van der Waals surface area contributed by atoms with Crippen LogP contribution in [0.4, 0.5) is 11.4 Å². The first kappa shape index (κ1) is 20.4. The van der Waals surface area contributed by atoms with Gasteiger partial charge in [-0.1, -0.05) is 19.1 Å². The summed E-state index contributed by atoms with van der Waals surface area (Å²) in [5.74, 6) is 1.58. The number of aromatic nitrogens is 2. The second kappa shape index (κ2) is 8.57. The number of amidine groups is 1. The lowest BCUT2D eigenvalue weighted by Gasteiger charge is -2.28. The molecule has 2 aromatic carbocycles. The molecule has 3 N–H and O–H groups in total. The highest BCUT2D eigenvalue weighted by atomic mass is 16.5. The number of nitrogens with zero attached hydrogens (tertiary/aromatic N) is 3. The lowest BCUT2D eigenvalue weighted by molar-refractivity contribution is 0.318. The number of hydrogen-bond acceptors (Lipinski definition) is 5. The molecular weight excluding hydrogens is 402 g/mol. The summed E-state index contributed by atoms with van der Waals surface area (Å²) in [6.07, 6.45) is 4.65. The molecule has 32 heavy (non-hydrogen) atoms. The number of aliphatic hydroxyl groups excluding tert-OH is 1. The summed E-state index contributed by atoms with van der Waals surface area (Å²) >= 11 is 0. The van der Waals surface area contributed by atoms with Crippen LogP contribution in [0.2, 0.25) is 0 Å². The Morgan fingerprint density at radius 2 is 1.94 bits per heavy atom. The first-order valence-corrected chi connectivity index (χ1v) is 11.4. The van der Waals surface area contributed by atoms with Gasteiger partial charge >= 0.3 is 0 Å². The maximum Gasteiger partial charge on any atom is 0.145 e. The molecule has 3 aromatic rings. The Morgan fingerprint density at radius 1 is 1.12 bits per heavy atom. The van der Waals surface area contributed by atoms with E-state index in [1.807, 2.05) is 30.3 Å². The highest BCUT2D eigenvalue weighted by molar-refractivity contribution is 6.30. The number of hydrogen-bond donors (Lipinski definition) is 3. The van der Waals surface area contributed by atoms with Crippen LogP contribution >= 0.6 is 0 Å². The van der Waals surface area contributed by atoms with E-state index in [1.165, 1.54) is 24.9 Å². The maximum absolute atomic E-state index is 10.8. The number of H-pyrrole nitrogens is 1. The maximum atomic E-state index is 10.8. The summed E-state index contributed by atoms with van der Waals surface area (Å²) in [7, 11) is 0. The number of benzene rings is 2. The highest BCUT2D eigenvalue weighted by Gasteiger charge is 2.32. The van der Waals surface area contributed by atoms with E-state index in [1.54, 1.807) is 4.90 Å². The van der Waals surface area contributed by atoms with Gasteiger partial charge in [-0.3, -0.25) is 5.41 Å². The standard InChI is InChI=1S/C25H29N5O2/c1-2-14-32-22-9-5-4-8-20(22)30-16-21(31)23(24(30)26)25-27-18-11-10-17(15-19(18)28-25)29-12-6-3-7-13-29/h4-5,8-11,15,26,31H,2-3,6-7,12-14,16H2,1H3,(H,27,28). The molecular formula is C25H29N5O2. The number of imidazole rings is 1. The van der Waals surface area contributed by atoms with Gasteiger partial charge in [-0.15, -0.1) is 0 Å². The van der Waals surface area contributed by atoms with E-state index in [2.05, 4.69) is 28.9 Å². The summed E-state index contributed by atoms with van der Waals surface area (Å²) in [6.45, 7) is 5.05. The molecule has 1 fully saturated rings. The number of aliphatic hydroxyl groups is 1. The van der Waals surface area contributed by atoms with Crippen molar-refractivity contribution in [1.29, 1.82) is 5.41 Å². The van der Waals surface area contributed by atoms with Crippen LogP contribution in [0.15, 0.2) is 48.2 Å². The van der Waals surface area contributed by atoms with Gasteiger partial charge in [0, 0.05) is 18.8 Å². The number of anilines is 2. The van der Waals surface area contributed by atoms with Crippen molar-refractivity contribution >= 4 is 33.8 Å². The van der Waals surface area contributed by atoms with Crippen molar-refractivity contribution in [2.75, 3.05) is 36.0 Å². The Hall–Kier alpha value is -3.48. The van der Waals surface area contributed by atoms with Crippen LogP contribution in [0, 0.1) is 5.41 Å². The van der Waals surface area contributed by atoms with E-state index in [0.717, 1.165) is 36.2 Å². The van der Waals surface area contributed by atoms with Gasteiger partial charge in [0.25, 0.3) is 0 Å². The van der Waals surface area contributed by atoms with Gasteiger partial charge in [-0.25, -0.2) is 4.98 Å². The molecule has 0 atom stereocenters. The van der Waals surface area contributed by atoms with Gasteiger partial charge in [-0.2, -0.15) is 0 Å². The quantitative estimate of drug-likeness (QED) is 0.505. The van der Waals surface area contributed by atoms with Crippen molar-refractivity contribution in [3.05, 3.63) is 54.0 Å². The van der Waals surface area contributed by atoms with Gasteiger partial charge in [0.2, 0.25) is 0 Å². The molecule has 0 bridgehead atoms. The molecule has 0 aliphatic carbocycles. The third-order valence-corrected chi connectivity index (χ3v) is 6.14. The zero-order chi connectivity index (χ0) is 22.1. The summed E-state index contributed by atoms with van der Waals surface area (Å²) in [5.41, 5.74) is 4.15. The van der Waals surface area contributed by atoms with E-state index in [-0.39, 0.29) is 18.1 Å². The molecule has 1 aromatic heterocycles. The molecule has 2 aliphatic heterocycles. The third kappa shape index (κ3) is 3.68. The first-order chi connectivity index (χ1) is 15.7.